The van der Waals surface area contributed by atoms with Crippen LogP contribution in [0.3, 0.4) is 0 Å². The first-order chi connectivity index (χ1) is 12.5. The van der Waals surface area contributed by atoms with Crippen molar-refractivity contribution in [1.29, 1.82) is 0 Å². The van der Waals surface area contributed by atoms with Crippen molar-refractivity contribution in [2.24, 2.45) is 0 Å². The molecule has 1 unspecified atom stereocenters. The molecule has 0 fully saturated rings. The number of aryl methyl sites for hydroxylation is 1. The van der Waals surface area contributed by atoms with E-state index in [1.807, 2.05) is 62.5 Å². The molecule has 6 heteroatoms. The summed E-state index contributed by atoms with van der Waals surface area (Å²) in [6.45, 7) is 2.86. The van der Waals surface area contributed by atoms with E-state index in [0.717, 1.165) is 21.7 Å². The van der Waals surface area contributed by atoms with Crippen LogP contribution in [0.2, 0.25) is 5.02 Å². The first-order valence-corrected chi connectivity index (χ1v) is 8.76. The largest absolute Gasteiger partial charge is 0.435 e. The van der Waals surface area contributed by atoms with E-state index in [0.29, 0.717) is 29.8 Å². The topological polar surface area (TPSA) is 59.6 Å². The van der Waals surface area contributed by atoms with Crippen LogP contribution in [0.1, 0.15) is 11.5 Å². The number of carbonyl (C=O) groups is 1. The Hall–Kier alpha value is -2.63. The van der Waals surface area contributed by atoms with Crippen molar-refractivity contribution in [2.75, 3.05) is 18.9 Å². The molecule has 0 saturated heterocycles. The number of nitrogens with one attached hydrogen (secondary N) is 2. The summed E-state index contributed by atoms with van der Waals surface area (Å²) in [7, 11) is 1.93. The fourth-order valence-electron chi connectivity index (χ4n) is 2.58. The van der Waals surface area contributed by atoms with Gasteiger partial charge in [0.25, 0.3) is 11.8 Å². The first kappa shape index (κ1) is 18.2. The highest BCUT2D eigenvalue weighted by molar-refractivity contribution is 6.30. The first-order valence-electron chi connectivity index (χ1n) is 8.38. The SMILES string of the molecule is Cc1ccc(NC(=O)C[NH+](C)Cc2ncc(-c3ccc(Cl)cc3)o2)cc1. The lowest BCUT2D eigenvalue weighted by Gasteiger charge is -2.12. The van der Waals surface area contributed by atoms with Crippen LogP contribution in [0, 0.1) is 6.92 Å². The molecular formula is C20H21ClN3O2+. The Morgan fingerprint density at radius 2 is 1.85 bits per heavy atom. The highest BCUT2D eigenvalue weighted by atomic mass is 35.5. The van der Waals surface area contributed by atoms with Crippen LogP contribution in [-0.2, 0) is 11.3 Å². The monoisotopic (exact) mass is 370 g/mol. The molecule has 26 heavy (non-hydrogen) atoms. The van der Waals surface area contributed by atoms with Gasteiger partial charge in [-0.25, -0.2) is 4.98 Å². The summed E-state index contributed by atoms with van der Waals surface area (Å²) in [6, 6.07) is 15.1. The molecule has 0 aliphatic rings. The average Bonchev–Trinajstić information content (AvgIpc) is 3.05. The molecule has 0 radical (unpaired) electrons. The standard InChI is InChI=1S/C20H20ClN3O2/c1-14-3-9-17(10-4-14)23-19(25)12-24(2)13-20-22-11-18(26-20)15-5-7-16(21)8-6-15/h3-11H,12-13H2,1-2H3,(H,23,25)/p+1. The molecule has 134 valence electrons. The van der Waals surface area contributed by atoms with Crippen molar-refractivity contribution in [1.82, 2.24) is 4.98 Å². The molecule has 2 N–H and O–H groups in total. The Bertz CT molecular complexity index is 873. The predicted octanol–water partition coefficient (Wildman–Crippen LogP) is 2.96. The second-order valence-electron chi connectivity index (χ2n) is 6.35. The number of amides is 1. The second kappa shape index (κ2) is 8.17. The van der Waals surface area contributed by atoms with Gasteiger partial charge < -0.3 is 14.6 Å². The number of quaternary nitrogens is 1. The van der Waals surface area contributed by atoms with E-state index >= 15 is 0 Å². The van der Waals surface area contributed by atoms with Crippen molar-refractivity contribution >= 4 is 23.2 Å². The highest BCUT2D eigenvalue weighted by Gasteiger charge is 2.15. The minimum absolute atomic E-state index is 0.0455. The van der Waals surface area contributed by atoms with E-state index < -0.39 is 0 Å². The van der Waals surface area contributed by atoms with E-state index in [1.54, 1.807) is 6.20 Å². The molecule has 0 aliphatic carbocycles. The van der Waals surface area contributed by atoms with Crippen LogP contribution in [-0.4, -0.2) is 24.5 Å². The predicted molar refractivity (Wildman–Crippen MR) is 102 cm³/mol. The lowest BCUT2D eigenvalue weighted by atomic mass is 10.2. The number of benzene rings is 2. The fraction of sp³-hybridized carbons (Fsp3) is 0.200. The van der Waals surface area contributed by atoms with Crippen LogP contribution in [0.4, 0.5) is 5.69 Å². The quantitative estimate of drug-likeness (QED) is 0.701. The van der Waals surface area contributed by atoms with Crippen molar-refractivity contribution in [2.45, 2.75) is 13.5 Å². The van der Waals surface area contributed by atoms with Crippen LogP contribution in [0.25, 0.3) is 11.3 Å². The van der Waals surface area contributed by atoms with Gasteiger partial charge in [-0.1, -0.05) is 29.3 Å². The van der Waals surface area contributed by atoms with E-state index in [-0.39, 0.29) is 5.91 Å². The molecule has 1 aromatic heterocycles. The molecule has 1 amide bonds. The minimum atomic E-state index is -0.0455. The summed E-state index contributed by atoms with van der Waals surface area (Å²) < 4.78 is 5.79. The van der Waals surface area contributed by atoms with Gasteiger partial charge in [0, 0.05) is 16.3 Å². The van der Waals surface area contributed by atoms with Crippen LogP contribution >= 0.6 is 11.6 Å². The molecule has 1 atom stereocenters. The molecule has 5 nitrogen and oxygen atoms in total. The Morgan fingerprint density at radius 1 is 1.15 bits per heavy atom. The molecular weight excluding hydrogens is 350 g/mol. The van der Waals surface area contributed by atoms with Gasteiger partial charge in [0.1, 0.15) is 0 Å². The Balaban J connectivity index is 1.54. The molecule has 3 rings (SSSR count). The highest BCUT2D eigenvalue weighted by Crippen LogP contribution is 2.22. The van der Waals surface area contributed by atoms with Crippen molar-refractivity contribution < 1.29 is 14.1 Å². The Kier molecular flexibility index (Phi) is 5.71. The maximum absolute atomic E-state index is 12.2. The second-order valence-corrected chi connectivity index (χ2v) is 6.79. The van der Waals surface area contributed by atoms with Gasteiger partial charge in [-0.05, 0) is 43.3 Å². The van der Waals surface area contributed by atoms with Crippen molar-refractivity contribution in [3.63, 3.8) is 0 Å². The molecule has 0 saturated carbocycles. The third-order valence-electron chi connectivity index (χ3n) is 3.93. The number of aromatic nitrogens is 1. The van der Waals surface area contributed by atoms with Crippen LogP contribution < -0.4 is 10.2 Å². The smallest absolute Gasteiger partial charge is 0.279 e. The number of rotatable bonds is 6. The average molecular weight is 371 g/mol. The number of anilines is 1. The van der Waals surface area contributed by atoms with E-state index in [2.05, 4.69) is 10.3 Å². The van der Waals surface area contributed by atoms with Crippen molar-refractivity contribution in [3.05, 3.63) is 71.2 Å². The third kappa shape index (κ3) is 4.94. The molecule has 3 aromatic rings. The summed E-state index contributed by atoms with van der Waals surface area (Å²) >= 11 is 5.90. The zero-order valence-corrected chi connectivity index (χ0v) is 15.5. The summed E-state index contributed by atoms with van der Waals surface area (Å²) in [6.07, 6.45) is 1.69. The van der Waals surface area contributed by atoms with Gasteiger partial charge >= 0.3 is 0 Å². The lowest BCUT2D eigenvalue weighted by molar-refractivity contribution is -0.886. The normalized spacial score (nSPS) is 12.0. The molecule has 0 aliphatic heterocycles. The number of oxazole rings is 1. The van der Waals surface area contributed by atoms with Gasteiger partial charge in [0.05, 0.1) is 13.2 Å². The lowest BCUT2D eigenvalue weighted by Crippen LogP contribution is -3.08. The van der Waals surface area contributed by atoms with E-state index in [4.69, 9.17) is 16.0 Å². The van der Waals surface area contributed by atoms with Crippen LogP contribution in [0.15, 0.2) is 59.1 Å². The minimum Gasteiger partial charge on any atom is -0.435 e. The van der Waals surface area contributed by atoms with Gasteiger partial charge in [-0.15, -0.1) is 0 Å². The van der Waals surface area contributed by atoms with E-state index in [9.17, 15) is 4.79 Å². The fourth-order valence-corrected chi connectivity index (χ4v) is 2.70. The summed E-state index contributed by atoms with van der Waals surface area (Å²) in [4.78, 5) is 17.5. The van der Waals surface area contributed by atoms with Gasteiger partial charge in [0.15, 0.2) is 18.8 Å². The number of likely N-dealkylation sites (N-methyl/N-ethyl adjacent to an activating group) is 1. The Labute approximate surface area is 157 Å². The van der Waals surface area contributed by atoms with Crippen LogP contribution in [0.5, 0.6) is 0 Å². The number of hydrogen-bond donors (Lipinski definition) is 2. The zero-order chi connectivity index (χ0) is 18.5. The number of hydrogen-bond acceptors (Lipinski definition) is 3. The zero-order valence-electron chi connectivity index (χ0n) is 14.8. The number of nitrogens with zero attached hydrogens (tertiary/aromatic N) is 1. The Morgan fingerprint density at radius 3 is 2.54 bits per heavy atom. The third-order valence-corrected chi connectivity index (χ3v) is 4.18. The summed E-state index contributed by atoms with van der Waals surface area (Å²) in [5.74, 6) is 1.24. The summed E-state index contributed by atoms with van der Waals surface area (Å²) in [5.41, 5.74) is 2.88. The van der Waals surface area contributed by atoms with Crippen molar-refractivity contribution in [3.8, 4) is 11.3 Å². The van der Waals surface area contributed by atoms with Gasteiger partial charge in [0.2, 0.25) is 0 Å². The maximum atomic E-state index is 12.2. The van der Waals surface area contributed by atoms with Gasteiger partial charge in [-0.2, -0.15) is 0 Å². The molecule has 0 bridgehead atoms. The molecule has 0 spiro atoms. The van der Waals surface area contributed by atoms with E-state index in [1.165, 1.54) is 0 Å². The maximum Gasteiger partial charge on any atom is 0.279 e. The molecule has 1 heterocycles. The number of halogens is 1. The summed E-state index contributed by atoms with van der Waals surface area (Å²) in [5, 5.41) is 3.58. The molecule has 2 aromatic carbocycles. The number of carbonyl (C=O) groups excluding carboxylic acids is 1. The van der Waals surface area contributed by atoms with Gasteiger partial charge in [-0.3, -0.25) is 4.79 Å².